The van der Waals surface area contributed by atoms with Crippen LogP contribution < -0.4 is 4.74 Å². The van der Waals surface area contributed by atoms with Crippen molar-refractivity contribution >= 4 is 5.91 Å². The molecule has 1 aromatic rings. The molecule has 0 aliphatic carbocycles. The molecule has 0 saturated heterocycles. The van der Waals surface area contributed by atoms with E-state index in [0.29, 0.717) is 19.5 Å². The smallest absolute Gasteiger partial charge is 0.226 e. The molecule has 0 N–H and O–H groups in total. The molecular weight excluding hydrogens is 202 g/mol. The van der Waals surface area contributed by atoms with Crippen LogP contribution in [0.15, 0.2) is 36.4 Å². The van der Waals surface area contributed by atoms with Crippen molar-refractivity contribution in [1.29, 1.82) is 0 Å². The molecule has 0 atom stereocenters. The van der Waals surface area contributed by atoms with Gasteiger partial charge in [0.05, 0.1) is 7.11 Å². The molecule has 1 heterocycles. The molecule has 84 valence electrons. The van der Waals surface area contributed by atoms with Crippen LogP contribution in [0.25, 0.3) is 0 Å². The van der Waals surface area contributed by atoms with Crippen LogP contribution >= 0.6 is 0 Å². The van der Waals surface area contributed by atoms with Crippen LogP contribution in [-0.4, -0.2) is 24.5 Å². The Morgan fingerprint density at radius 2 is 2.00 bits per heavy atom. The molecule has 3 nitrogen and oxygen atoms in total. The Bertz CT molecular complexity index is 395. The van der Waals surface area contributed by atoms with Crippen molar-refractivity contribution in [1.82, 2.24) is 4.90 Å². The third-order valence-electron chi connectivity index (χ3n) is 2.67. The van der Waals surface area contributed by atoms with Gasteiger partial charge in [-0.25, -0.2) is 0 Å². The number of rotatable bonds is 3. The summed E-state index contributed by atoms with van der Waals surface area (Å²) < 4.78 is 5.09. The molecule has 3 heteroatoms. The van der Waals surface area contributed by atoms with Crippen LogP contribution in [0.2, 0.25) is 0 Å². The lowest BCUT2D eigenvalue weighted by atomic mass is 10.1. The zero-order chi connectivity index (χ0) is 11.4. The summed E-state index contributed by atoms with van der Waals surface area (Å²) in [6, 6.07) is 7.81. The molecular formula is C13H15NO2. The minimum atomic E-state index is 0.193. The fourth-order valence-corrected chi connectivity index (χ4v) is 1.72. The van der Waals surface area contributed by atoms with Crippen LogP contribution in [0, 0.1) is 0 Å². The number of benzene rings is 1. The van der Waals surface area contributed by atoms with Crippen molar-refractivity contribution in [3.05, 3.63) is 42.0 Å². The molecule has 1 aliphatic heterocycles. The van der Waals surface area contributed by atoms with E-state index in [4.69, 9.17) is 4.74 Å². The summed E-state index contributed by atoms with van der Waals surface area (Å²) in [5.41, 5.74) is 1.13. The van der Waals surface area contributed by atoms with E-state index < -0.39 is 0 Å². The highest BCUT2D eigenvalue weighted by Crippen LogP contribution is 2.14. The highest BCUT2D eigenvalue weighted by Gasteiger charge is 2.14. The van der Waals surface area contributed by atoms with Gasteiger partial charge < -0.3 is 9.64 Å². The average Bonchev–Trinajstić information content (AvgIpc) is 2.33. The summed E-state index contributed by atoms with van der Waals surface area (Å²) in [5, 5.41) is 0. The van der Waals surface area contributed by atoms with Gasteiger partial charge in [0.15, 0.2) is 0 Å². The van der Waals surface area contributed by atoms with Gasteiger partial charge in [-0.05, 0) is 17.7 Å². The monoisotopic (exact) mass is 217 g/mol. The molecule has 1 amide bonds. The molecule has 0 aromatic heterocycles. The number of hydrogen-bond donors (Lipinski definition) is 0. The number of carbonyl (C=O) groups excluding carboxylic acids is 1. The molecule has 0 radical (unpaired) electrons. The van der Waals surface area contributed by atoms with Gasteiger partial charge in [0, 0.05) is 19.5 Å². The van der Waals surface area contributed by atoms with Crippen molar-refractivity contribution in [3.8, 4) is 5.75 Å². The average molecular weight is 217 g/mol. The highest BCUT2D eigenvalue weighted by atomic mass is 16.5. The number of methoxy groups -OCH3 is 1. The lowest BCUT2D eigenvalue weighted by Crippen LogP contribution is -2.32. The van der Waals surface area contributed by atoms with Gasteiger partial charge in [-0.3, -0.25) is 4.79 Å². The van der Waals surface area contributed by atoms with Gasteiger partial charge in [-0.1, -0.05) is 24.3 Å². The third kappa shape index (κ3) is 2.42. The van der Waals surface area contributed by atoms with Crippen molar-refractivity contribution in [2.45, 2.75) is 13.0 Å². The molecule has 0 saturated carbocycles. The molecule has 2 rings (SSSR count). The van der Waals surface area contributed by atoms with Crippen LogP contribution in [0.5, 0.6) is 5.75 Å². The molecule has 1 aromatic carbocycles. The predicted octanol–water partition coefficient (Wildman–Crippen LogP) is 1.98. The summed E-state index contributed by atoms with van der Waals surface area (Å²) in [4.78, 5) is 13.4. The van der Waals surface area contributed by atoms with Crippen LogP contribution in [-0.2, 0) is 11.3 Å². The predicted molar refractivity (Wildman–Crippen MR) is 62.2 cm³/mol. The second-order valence-electron chi connectivity index (χ2n) is 3.80. The summed E-state index contributed by atoms with van der Waals surface area (Å²) in [7, 11) is 1.65. The fourth-order valence-electron chi connectivity index (χ4n) is 1.72. The molecule has 0 fully saturated rings. The van der Waals surface area contributed by atoms with Crippen LogP contribution in [0.4, 0.5) is 0 Å². The second-order valence-corrected chi connectivity index (χ2v) is 3.80. The maximum absolute atomic E-state index is 11.6. The topological polar surface area (TPSA) is 29.5 Å². The van der Waals surface area contributed by atoms with Crippen molar-refractivity contribution < 1.29 is 9.53 Å². The fraction of sp³-hybridized carbons (Fsp3) is 0.308. The van der Waals surface area contributed by atoms with Crippen molar-refractivity contribution in [3.63, 3.8) is 0 Å². The minimum Gasteiger partial charge on any atom is -0.497 e. The quantitative estimate of drug-likeness (QED) is 0.724. The number of hydrogen-bond acceptors (Lipinski definition) is 2. The van der Waals surface area contributed by atoms with E-state index in [1.165, 1.54) is 0 Å². The van der Waals surface area contributed by atoms with Gasteiger partial charge >= 0.3 is 0 Å². The van der Waals surface area contributed by atoms with E-state index >= 15 is 0 Å². The summed E-state index contributed by atoms with van der Waals surface area (Å²) in [6.45, 7) is 1.39. The number of nitrogens with zero attached hydrogens (tertiary/aromatic N) is 1. The summed E-state index contributed by atoms with van der Waals surface area (Å²) in [6.07, 6.45) is 4.48. The van der Waals surface area contributed by atoms with Crippen LogP contribution in [0.3, 0.4) is 0 Å². The van der Waals surface area contributed by atoms with Gasteiger partial charge in [0.2, 0.25) is 5.91 Å². The Labute approximate surface area is 95.3 Å². The van der Waals surface area contributed by atoms with E-state index in [9.17, 15) is 4.79 Å². The van der Waals surface area contributed by atoms with Crippen LogP contribution in [0.1, 0.15) is 12.0 Å². The van der Waals surface area contributed by atoms with Gasteiger partial charge in [-0.2, -0.15) is 0 Å². The molecule has 16 heavy (non-hydrogen) atoms. The summed E-state index contributed by atoms with van der Waals surface area (Å²) >= 11 is 0. The highest BCUT2D eigenvalue weighted by molar-refractivity contribution is 5.78. The summed E-state index contributed by atoms with van der Waals surface area (Å²) in [5.74, 6) is 1.03. The van der Waals surface area contributed by atoms with E-state index in [2.05, 4.69) is 0 Å². The zero-order valence-electron chi connectivity index (χ0n) is 9.35. The van der Waals surface area contributed by atoms with Gasteiger partial charge in [0.1, 0.15) is 5.75 Å². The SMILES string of the molecule is COc1ccc(CN2CC=CCC2=O)cc1. The molecule has 0 spiro atoms. The number of ether oxygens (including phenoxy) is 1. The Balaban J connectivity index is 2.03. The first-order valence-electron chi connectivity index (χ1n) is 5.35. The minimum absolute atomic E-state index is 0.193. The lowest BCUT2D eigenvalue weighted by molar-refractivity contribution is -0.130. The van der Waals surface area contributed by atoms with E-state index in [1.54, 1.807) is 7.11 Å². The Morgan fingerprint density at radius 3 is 2.62 bits per heavy atom. The van der Waals surface area contributed by atoms with Crippen molar-refractivity contribution in [2.24, 2.45) is 0 Å². The lowest BCUT2D eigenvalue weighted by Gasteiger charge is -2.23. The van der Waals surface area contributed by atoms with E-state index in [-0.39, 0.29) is 5.91 Å². The third-order valence-corrected chi connectivity index (χ3v) is 2.67. The number of carbonyl (C=O) groups is 1. The zero-order valence-corrected chi connectivity index (χ0v) is 9.35. The maximum Gasteiger partial charge on any atom is 0.226 e. The largest absolute Gasteiger partial charge is 0.497 e. The normalized spacial score (nSPS) is 15.3. The first-order valence-corrected chi connectivity index (χ1v) is 5.35. The first kappa shape index (κ1) is 10.7. The van der Waals surface area contributed by atoms with Crippen molar-refractivity contribution in [2.75, 3.05) is 13.7 Å². The number of amides is 1. The molecule has 0 unspecified atom stereocenters. The van der Waals surface area contributed by atoms with Gasteiger partial charge in [-0.15, -0.1) is 0 Å². The van der Waals surface area contributed by atoms with E-state index in [1.807, 2.05) is 41.3 Å². The van der Waals surface area contributed by atoms with Gasteiger partial charge in [0.25, 0.3) is 0 Å². The Hall–Kier alpha value is -1.77. The second kappa shape index (κ2) is 4.84. The molecule has 0 bridgehead atoms. The molecule has 1 aliphatic rings. The standard InChI is InChI=1S/C13H15NO2/c1-16-12-7-5-11(6-8-12)10-14-9-3-2-4-13(14)15/h2-3,5-8H,4,9-10H2,1H3. The Kier molecular flexibility index (Phi) is 3.25. The van der Waals surface area contributed by atoms with E-state index in [0.717, 1.165) is 11.3 Å². The Morgan fingerprint density at radius 1 is 1.25 bits per heavy atom. The first-order chi connectivity index (χ1) is 7.79. The maximum atomic E-state index is 11.6.